The minimum absolute atomic E-state index is 0.0542. The highest BCUT2D eigenvalue weighted by atomic mass is 16.5. The number of amides is 1. The molecule has 0 spiro atoms. The largest absolute Gasteiger partial charge is 0.497 e. The SMILES string of the molecule is C=CCCC(=O)N1CCO[C@@H](Cc2cccc(OC)c2)C1. The van der Waals surface area contributed by atoms with Crippen LogP contribution >= 0.6 is 0 Å². The Balaban J connectivity index is 1.91. The monoisotopic (exact) mass is 289 g/mol. The van der Waals surface area contributed by atoms with Crippen LogP contribution in [0.4, 0.5) is 0 Å². The van der Waals surface area contributed by atoms with Crippen molar-refractivity contribution in [2.75, 3.05) is 26.8 Å². The van der Waals surface area contributed by atoms with E-state index in [1.165, 1.54) is 5.56 Å². The van der Waals surface area contributed by atoms with E-state index in [1.54, 1.807) is 13.2 Å². The van der Waals surface area contributed by atoms with Gasteiger partial charge in [0.2, 0.25) is 5.91 Å². The average Bonchev–Trinajstić information content (AvgIpc) is 2.53. The summed E-state index contributed by atoms with van der Waals surface area (Å²) in [6, 6.07) is 7.98. The van der Waals surface area contributed by atoms with E-state index >= 15 is 0 Å². The number of rotatable bonds is 6. The van der Waals surface area contributed by atoms with Gasteiger partial charge in [-0.05, 0) is 24.1 Å². The van der Waals surface area contributed by atoms with Crippen LogP contribution in [0, 0.1) is 0 Å². The van der Waals surface area contributed by atoms with Gasteiger partial charge in [-0.25, -0.2) is 0 Å². The molecule has 0 saturated carbocycles. The molecule has 1 aromatic rings. The van der Waals surface area contributed by atoms with Crippen molar-refractivity contribution >= 4 is 5.91 Å². The number of carbonyl (C=O) groups is 1. The zero-order chi connectivity index (χ0) is 15.1. The molecule has 0 unspecified atom stereocenters. The van der Waals surface area contributed by atoms with Gasteiger partial charge in [-0.2, -0.15) is 0 Å². The van der Waals surface area contributed by atoms with Crippen LogP contribution in [0.3, 0.4) is 0 Å². The molecule has 4 nitrogen and oxygen atoms in total. The first-order chi connectivity index (χ1) is 10.2. The highest BCUT2D eigenvalue weighted by Crippen LogP contribution is 2.17. The normalized spacial score (nSPS) is 18.3. The third kappa shape index (κ3) is 4.60. The van der Waals surface area contributed by atoms with Crippen LogP contribution in [0.25, 0.3) is 0 Å². The molecule has 0 aromatic heterocycles. The Hall–Kier alpha value is -1.81. The molecule has 1 atom stereocenters. The third-order valence-corrected chi connectivity index (χ3v) is 3.65. The zero-order valence-corrected chi connectivity index (χ0v) is 12.6. The van der Waals surface area contributed by atoms with Crippen molar-refractivity contribution in [3.8, 4) is 5.75 Å². The number of allylic oxidation sites excluding steroid dienone is 1. The number of morpholine rings is 1. The quantitative estimate of drug-likeness (QED) is 0.755. The molecular formula is C17H23NO3. The predicted octanol–water partition coefficient (Wildman–Crippen LogP) is 2.43. The molecule has 0 aliphatic carbocycles. The Morgan fingerprint density at radius 2 is 2.43 bits per heavy atom. The van der Waals surface area contributed by atoms with Crippen molar-refractivity contribution in [1.82, 2.24) is 4.90 Å². The summed E-state index contributed by atoms with van der Waals surface area (Å²) in [5, 5.41) is 0. The summed E-state index contributed by atoms with van der Waals surface area (Å²) >= 11 is 0. The molecule has 114 valence electrons. The Kier molecular flexibility index (Phi) is 5.81. The zero-order valence-electron chi connectivity index (χ0n) is 12.6. The molecular weight excluding hydrogens is 266 g/mol. The van der Waals surface area contributed by atoms with Gasteiger partial charge < -0.3 is 14.4 Å². The number of ether oxygens (including phenoxy) is 2. The fourth-order valence-corrected chi connectivity index (χ4v) is 2.52. The lowest BCUT2D eigenvalue weighted by atomic mass is 10.1. The Bertz CT molecular complexity index is 487. The number of hydrogen-bond acceptors (Lipinski definition) is 3. The minimum atomic E-state index is 0.0542. The predicted molar refractivity (Wildman–Crippen MR) is 82.4 cm³/mol. The average molecular weight is 289 g/mol. The first-order valence-electron chi connectivity index (χ1n) is 7.36. The number of nitrogens with zero attached hydrogens (tertiary/aromatic N) is 1. The Labute approximate surface area is 126 Å². The third-order valence-electron chi connectivity index (χ3n) is 3.65. The number of hydrogen-bond donors (Lipinski definition) is 0. The lowest BCUT2D eigenvalue weighted by Gasteiger charge is -2.33. The van der Waals surface area contributed by atoms with Crippen molar-refractivity contribution in [3.05, 3.63) is 42.5 Å². The molecule has 1 aromatic carbocycles. The van der Waals surface area contributed by atoms with Gasteiger partial charge in [0.1, 0.15) is 5.75 Å². The van der Waals surface area contributed by atoms with Crippen LogP contribution in [0.1, 0.15) is 18.4 Å². The minimum Gasteiger partial charge on any atom is -0.497 e. The molecule has 0 radical (unpaired) electrons. The van der Waals surface area contributed by atoms with Crippen LogP contribution in [-0.2, 0) is 16.0 Å². The van der Waals surface area contributed by atoms with Crippen LogP contribution in [-0.4, -0.2) is 43.7 Å². The van der Waals surface area contributed by atoms with Gasteiger partial charge >= 0.3 is 0 Å². The smallest absolute Gasteiger partial charge is 0.223 e. The molecule has 0 N–H and O–H groups in total. The molecule has 0 bridgehead atoms. The second kappa shape index (κ2) is 7.84. The lowest BCUT2D eigenvalue weighted by molar-refractivity contribution is -0.138. The van der Waals surface area contributed by atoms with Gasteiger partial charge in [0, 0.05) is 25.9 Å². The molecule has 21 heavy (non-hydrogen) atoms. The first kappa shape index (κ1) is 15.6. The Morgan fingerprint density at radius 3 is 3.19 bits per heavy atom. The van der Waals surface area contributed by atoms with Crippen LogP contribution in [0.2, 0.25) is 0 Å². The van der Waals surface area contributed by atoms with E-state index in [9.17, 15) is 4.79 Å². The molecule has 1 aliphatic rings. The van der Waals surface area contributed by atoms with Gasteiger partial charge in [0.05, 0.1) is 19.8 Å². The van der Waals surface area contributed by atoms with E-state index < -0.39 is 0 Å². The highest BCUT2D eigenvalue weighted by Gasteiger charge is 2.23. The molecule has 2 rings (SSSR count). The van der Waals surface area contributed by atoms with E-state index in [-0.39, 0.29) is 12.0 Å². The molecule has 4 heteroatoms. The standard InChI is InChI=1S/C17H23NO3/c1-3-4-8-17(19)18-9-10-21-16(13-18)12-14-6-5-7-15(11-14)20-2/h3,5-7,11,16H,1,4,8-10,12-13H2,2H3/t16-/m0/s1. The maximum Gasteiger partial charge on any atom is 0.223 e. The fourth-order valence-electron chi connectivity index (χ4n) is 2.52. The number of benzene rings is 1. The summed E-state index contributed by atoms with van der Waals surface area (Å²) in [6.45, 7) is 5.61. The van der Waals surface area contributed by atoms with E-state index in [4.69, 9.17) is 9.47 Å². The second-order valence-corrected chi connectivity index (χ2v) is 5.22. The summed E-state index contributed by atoms with van der Waals surface area (Å²) in [7, 11) is 1.66. The van der Waals surface area contributed by atoms with Gasteiger partial charge in [0.15, 0.2) is 0 Å². The summed E-state index contributed by atoms with van der Waals surface area (Å²) < 4.78 is 11.0. The maximum absolute atomic E-state index is 12.1. The summed E-state index contributed by atoms with van der Waals surface area (Å²) in [5.74, 6) is 1.04. The van der Waals surface area contributed by atoms with Gasteiger partial charge in [-0.3, -0.25) is 4.79 Å². The molecule has 1 aliphatic heterocycles. The van der Waals surface area contributed by atoms with Crippen LogP contribution in [0.15, 0.2) is 36.9 Å². The van der Waals surface area contributed by atoms with Crippen molar-refractivity contribution in [3.63, 3.8) is 0 Å². The molecule has 1 heterocycles. The van der Waals surface area contributed by atoms with E-state index in [2.05, 4.69) is 12.6 Å². The fraction of sp³-hybridized carbons (Fsp3) is 0.471. The lowest BCUT2D eigenvalue weighted by Crippen LogP contribution is -2.46. The van der Waals surface area contributed by atoms with Gasteiger partial charge in [-0.1, -0.05) is 18.2 Å². The topological polar surface area (TPSA) is 38.8 Å². The summed E-state index contributed by atoms with van der Waals surface area (Å²) in [6.07, 6.45) is 3.90. The molecule has 1 fully saturated rings. The van der Waals surface area contributed by atoms with Crippen molar-refractivity contribution in [2.45, 2.75) is 25.4 Å². The maximum atomic E-state index is 12.1. The summed E-state index contributed by atoms with van der Waals surface area (Å²) in [5.41, 5.74) is 1.17. The van der Waals surface area contributed by atoms with Gasteiger partial charge in [-0.15, -0.1) is 6.58 Å². The van der Waals surface area contributed by atoms with Crippen molar-refractivity contribution in [2.24, 2.45) is 0 Å². The summed E-state index contributed by atoms with van der Waals surface area (Å²) in [4.78, 5) is 14.0. The van der Waals surface area contributed by atoms with E-state index in [0.717, 1.165) is 18.6 Å². The first-order valence-corrected chi connectivity index (χ1v) is 7.36. The van der Waals surface area contributed by atoms with E-state index in [1.807, 2.05) is 23.1 Å². The Morgan fingerprint density at radius 1 is 1.57 bits per heavy atom. The number of methoxy groups -OCH3 is 1. The van der Waals surface area contributed by atoms with Crippen LogP contribution in [0.5, 0.6) is 5.75 Å². The second-order valence-electron chi connectivity index (χ2n) is 5.22. The highest BCUT2D eigenvalue weighted by molar-refractivity contribution is 5.76. The van der Waals surface area contributed by atoms with Gasteiger partial charge in [0.25, 0.3) is 0 Å². The number of carbonyl (C=O) groups excluding carboxylic acids is 1. The van der Waals surface area contributed by atoms with E-state index in [0.29, 0.717) is 26.1 Å². The van der Waals surface area contributed by atoms with Crippen molar-refractivity contribution < 1.29 is 14.3 Å². The van der Waals surface area contributed by atoms with Crippen molar-refractivity contribution in [1.29, 1.82) is 0 Å². The molecule has 1 saturated heterocycles. The molecule has 1 amide bonds. The van der Waals surface area contributed by atoms with Crippen LogP contribution < -0.4 is 4.74 Å².